The molecule has 0 saturated carbocycles. The predicted molar refractivity (Wildman–Crippen MR) is 141 cm³/mol. The minimum atomic E-state index is 0.256. The fourth-order valence-electron chi connectivity index (χ4n) is 2.90. The number of hydrazone groups is 2. The van der Waals surface area contributed by atoms with E-state index in [2.05, 4.69) is 50.1 Å². The van der Waals surface area contributed by atoms with Gasteiger partial charge in [-0.25, -0.2) is 5.43 Å². The average molecular weight is 476 g/mol. The van der Waals surface area contributed by atoms with Gasteiger partial charge in [0.1, 0.15) is 17.2 Å². The lowest BCUT2D eigenvalue weighted by molar-refractivity contribution is 0.309. The minimum Gasteiger partial charge on any atom is -0.494 e. The molecule has 0 spiro atoms. The first-order valence-electron chi connectivity index (χ1n) is 11.9. The molecule has 35 heavy (non-hydrogen) atoms. The van der Waals surface area contributed by atoms with Crippen molar-refractivity contribution in [3.8, 4) is 11.5 Å². The van der Waals surface area contributed by atoms with Crippen molar-refractivity contribution in [1.29, 1.82) is 0 Å². The topological polar surface area (TPSA) is 106 Å². The normalized spacial score (nSPS) is 11.2. The molecule has 0 saturated heterocycles. The summed E-state index contributed by atoms with van der Waals surface area (Å²) < 4.78 is 11.5. The van der Waals surface area contributed by atoms with Crippen LogP contribution >= 0.6 is 0 Å². The lowest BCUT2D eigenvalue weighted by Crippen LogP contribution is -2.05. The van der Waals surface area contributed by atoms with Crippen molar-refractivity contribution in [2.45, 2.75) is 46.5 Å². The smallest absolute Gasteiger partial charge is 0.265 e. The molecule has 0 unspecified atom stereocenters. The zero-order valence-electron chi connectivity index (χ0n) is 20.6. The van der Waals surface area contributed by atoms with E-state index in [4.69, 9.17) is 9.47 Å². The summed E-state index contributed by atoms with van der Waals surface area (Å²) in [6.07, 6.45) is 7.63. The van der Waals surface area contributed by atoms with Crippen LogP contribution < -0.4 is 20.3 Å². The van der Waals surface area contributed by atoms with Gasteiger partial charge in [0.25, 0.3) is 5.95 Å². The van der Waals surface area contributed by atoms with Gasteiger partial charge in [-0.15, -0.1) is 10.2 Å². The summed E-state index contributed by atoms with van der Waals surface area (Å²) in [6.45, 7) is 7.49. The highest BCUT2D eigenvalue weighted by atomic mass is 16.5. The molecule has 3 rings (SSSR count). The van der Waals surface area contributed by atoms with Gasteiger partial charge in [0.05, 0.1) is 25.6 Å². The van der Waals surface area contributed by atoms with E-state index in [1.54, 1.807) is 19.4 Å². The molecule has 0 bridgehead atoms. The Morgan fingerprint density at radius 2 is 1.37 bits per heavy atom. The average Bonchev–Trinajstić information content (AvgIpc) is 2.87. The van der Waals surface area contributed by atoms with Gasteiger partial charge in [0.15, 0.2) is 5.82 Å². The van der Waals surface area contributed by atoms with Crippen LogP contribution in [0.2, 0.25) is 0 Å². The second-order valence-corrected chi connectivity index (χ2v) is 7.86. The van der Waals surface area contributed by atoms with Crippen LogP contribution in [-0.2, 0) is 0 Å². The second kappa shape index (κ2) is 14.3. The number of nitrogens with one attached hydrogen (secondary N) is 2. The first kappa shape index (κ1) is 25.6. The molecule has 184 valence electrons. The maximum Gasteiger partial charge on any atom is 0.265 e. The van der Waals surface area contributed by atoms with Crippen molar-refractivity contribution in [2.24, 2.45) is 10.2 Å². The van der Waals surface area contributed by atoms with Crippen molar-refractivity contribution in [1.82, 2.24) is 15.2 Å². The molecule has 0 radical (unpaired) electrons. The van der Waals surface area contributed by atoms with Gasteiger partial charge in [-0.2, -0.15) is 15.2 Å². The van der Waals surface area contributed by atoms with Gasteiger partial charge in [-0.3, -0.25) is 5.43 Å². The lowest BCUT2D eigenvalue weighted by atomic mass is 10.2. The van der Waals surface area contributed by atoms with Gasteiger partial charge >= 0.3 is 0 Å². The Balaban J connectivity index is 1.56. The number of aryl methyl sites for hydroxylation is 1. The van der Waals surface area contributed by atoms with Crippen LogP contribution in [0.4, 0.5) is 11.8 Å². The van der Waals surface area contributed by atoms with Crippen LogP contribution in [0.25, 0.3) is 0 Å². The number of ether oxygens (including phenoxy) is 2. The Labute approximate surface area is 206 Å². The van der Waals surface area contributed by atoms with Crippen LogP contribution in [0.5, 0.6) is 11.5 Å². The number of unbranched alkanes of at least 4 members (excludes halogenated alkanes) is 2. The molecule has 2 aromatic carbocycles. The molecule has 1 heterocycles. The fourth-order valence-corrected chi connectivity index (χ4v) is 2.90. The van der Waals surface area contributed by atoms with Crippen LogP contribution in [0.3, 0.4) is 0 Å². The van der Waals surface area contributed by atoms with Gasteiger partial charge in [0.2, 0.25) is 0 Å². The molecule has 0 aliphatic rings. The number of nitrogens with zero attached hydrogens (tertiary/aromatic N) is 5. The summed E-state index contributed by atoms with van der Waals surface area (Å²) in [7, 11) is 0. The highest BCUT2D eigenvalue weighted by Gasteiger charge is 2.04. The highest BCUT2D eigenvalue weighted by molar-refractivity contribution is 5.81. The third-order valence-electron chi connectivity index (χ3n) is 4.87. The Kier molecular flexibility index (Phi) is 10.5. The van der Waals surface area contributed by atoms with Crippen molar-refractivity contribution in [3.63, 3.8) is 0 Å². The summed E-state index contributed by atoms with van der Waals surface area (Å²) >= 11 is 0. The molecular formula is C26H33N7O2. The monoisotopic (exact) mass is 475 g/mol. The molecule has 2 N–H and O–H groups in total. The number of rotatable bonds is 14. The Hall–Kier alpha value is -4.01. The number of anilines is 2. The zero-order valence-corrected chi connectivity index (χ0v) is 20.6. The maximum absolute atomic E-state index is 5.74. The summed E-state index contributed by atoms with van der Waals surface area (Å²) in [5.74, 6) is 2.38. The zero-order chi connectivity index (χ0) is 24.7. The Morgan fingerprint density at radius 3 is 1.94 bits per heavy atom. The fraction of sp³-hybridized carbons (Fsp3) is 0.346. The van der Waals surface area contributed by atoms with Crippen LogP contribution in [0.1, 0.15) is 56.4 Å². The van der Waals surface area contributed by atoms with E-state index in [0.717, 1.165) is 48.3 Å². The molecule has 9 heteroatoms. The molecule has 0 fully saturated rings. The highest BCUT2D eigenvalue weighted by Crippen LogP contribution is 2.15. The molecule has 3 aromatic rings. The number of aromatic nitrogens is 3. The second-order valence-electron chi connectivity index (χ2n) is 7.86. The minimum absolute atomic E-state index is 0.256. The van der Waals surface area contributed by atoms with Crippen LogP contribution in [-0.4, -0.2) is 40.8 Å². The van der Waals surface area contributed by atoms with Crippen molar-refractivity contribution in [3.05, 3.63) is 65.4 Å². The van der Waals surface area contributed by atoms with E-state index in [1.807, 2.05) is 48.5 Å². The standard InChI is InChI=1S/C26H33N7O2/c1-4-6-14-34-23-12-8-10-21(16-23)18-27-31-25-20(3)30-33-26(29-25)32-28-19-22-11-9-13-24(17-22)35-15-7-5-2/h8-13,16-19H,4-7,14-15H2,1-3H3,(H2,29,31,32,33)/b27-18-,28-19-. The van der Waals surface area contributed by atoms with E-state index < -0.39 is 0 Å². The summed E-state index contributed by atoms with van der Waals surface area (Å²) in [5.41, 5.74) is 8.15. The van der Waals surface area contributed by atoms with E-state index >= 15 is 0 Å². The van der Waals surface area contributed by atoms with E-state index in [-0.39, 0.29) is 5.95 Å². The third-order valence-corrected chi connectivity index (χ3v) is 4.87. The number of benzene rings is 2. The molecule has 0 atom stereocenters. The van der Waals surface area contributed by atoms with Crippen molar-refractivity contribution < 1.29 is 9.47 Å². The predicted octanol–water partition coefficient (Wildman–Crippen LogP) is 5.43. The van der Waals surface area contributed by atoms with Gasteiger partial charge in [-0.05, 0) is 55.2 Å². The molecule has 1 aromatic heterocycles. The third kappa shape index (κ3) is 9.04. The van der Waals surface area contributed by atoms with E-state index in [9.17, 15) is 0 Å². The molecule has 0 amide bonds. The van der Waals surface area contributed by atoms with Gasteiger partial charge < -0.3 is 9.47 Å². The Bertz CT molecular complexity index is 1120. The molecule has 0 aliphatic carbocycles. The molecule has 9 nitrogen and oxygen atoms in total. The SMILES string of the molecule is CCCCOc1cccc(/C=N\Nc2nnc(C)c(N/N=C\c3cccc(OCCCC)c3)n2)c1. The first-order chi connectivity index (χ1) is 17.2. The quantitative estimate of drug-likeness (QED) is 0.182. The lowest BCUT2D eigenvalue weighted by Gasteiger charge is -2.06. The number of hydrogen-bond donors (Lipinski definition) is 2. The number of hydrogen-bond acceptors (Lipinski definition) is 9. The van der Waals surface area contributed by atoms with E-state index in [1.165, 1.54) is 0 Å². The summed E-state index contributed by atoms with van der Waals surface area (Å²) in [4.78, 5) is 4.40. The molecular weight excluding hydrogens is 442 g/mol. The Morgan fingerprint density at radius 1 is 0.800 bits per heavy atom. The maximum atomic E-state index is 5.74. The van der Waals surface area contributed by atoms with Crippen LogP contribution in [0.15, 0.2) is 58.7 Å². The van der Waals surface area contributed by atoms with E-state index in [0.29, 0.717) is 24.7 Å². The van der Waals surface area contributed by atoms with Crippen LogP contribution in [0, 0.1) is 6.92 Å². The van der Waals surface area contributed by atoms with Gasteiger partial charge in [-0.1, -0.05) is 51.0 Å². The van der Waals surface area contributed by atoms with Crippen molar-refractivity contribution >= 4 is 24.2 Å². The van der Waals surface area contributed by atoms with Gasteiger partial charge in [0, 0.05) is 0 Å². The molecule has 0 aliphatic heterocycles. The summed E-state index contributed by atoms with van der Waals surface area (Å²) in [5, 5.41) is 16.6. The summed E-state index contributed by atoms with van der Waals surface area (Å²) in [6, 6.07) is 15.5. The van der Waals surface area contributed by atoms with Crippen molar-refractivity contribution in [2.75, 3.05) is 24.1 Å². The largest absolute Gasteiger partial charge is 0.494 e. The first-order valence-corrected chi connectivity index (χ1v) is 11.9.